The van der Waals surface area contributed by atoms with Crippen molar-refractivity contribution >= 4 is 5.82 Å². The molecule has 3 heteroatoms. The summed E-state index contributed by atoms with van der Waals surface area (Å²) in [6, 6.07) is 4.75. The van der Waals surface area contributed by atoms with Crippen molar-refractivity contribution in [3.8, 4) is 0 Å². The first-order valence-electron chi connectivity index (χ1n) is 6.19. The van der Waals surface area contributed by atoms with E-state index in [1.807, 2.05) is 6.07 Å². The van der Waals surface area contributed by atoms with Crippen LogP contribution in [0.25, 0.3) is 0 Å². The van der Waals surface area contributed by atoms with E-state index in [4.69, 9.17) is 5.73 Å². The van der Waals surface area contributed by atoms with E-state index >= 15 is 0 Å². The molecular formula is C13H21N3. The SMILES string of the molecule is CNC1CCCCC(c2cccnc2N)C1. The Hall–Kier alpha value is -1.09. The molecule has 1 aromatic rings. The lowest BCUT2D eigenvalue weighted by Crippen LogP contribution is -2.26. The van der Waals surface area contributed by atoms with Crippen molar-refractivity contribution in [3.05, 3.63) is 23.9 Å². The molecule has 0 aliphatic heterocycles. The number of nitrogen functional groups attached to an aromatic ring is 1. The molecule has 3 N–H and O–H groups in total. The Morgan fingerprint density at radius 3 is 2.94 bits per heavy atom. The van der Waals surface area contributed by atoms with Crippen LogP contribution in [-0.2, 0) is 0 Å². The predicted molar refractivity (Wildman–Crippen MR) is 67.3 cm³/mol. The van der Waals surface area contributed by atoms with Crippen LogP contribution in [0, 0.1) is 0 Å². The molecule has 1 saturated carbocycles. The minimum absolute atomic E-state index is 0.577. The lowest BCUT2D eigenvalue weighted by Gasteiger charge is -2.20. The fraction of sp³-hybridized carbons (Fsp3) is 0.615. The van der Waals surface area contributed by atoms with Gasteiger partial charge in [-0.3, -0.25) is 0 Å². The van der Waals surface area contributed by atoms with Gasteiger partial charge in [-0.1, -0.05) is 18.9 Å². The lowest BCUT2D eigenvalue weighted by atomic mass is 9.91. The fourth-order valence-corrected chi connectivity index (χ4v) is 2.68. The maximum atomic E-state index is 5.96. The first-order chi connectivity index (χ1) is 7.81. The number of nitrogens with two attached hydrogens (primary N) is 1. The van der Waals surface area contributed by atoms with Crippen LogP contribution >= 0.6 is 0 Å². The van der Waals surface area contributed by atoms with Crippen molar-refractivity contribution in [2.24, 2.45) is 0 Å². The van der Waals surface area contributed by atoms with Gasteiger partial charge < -0.3 is 11.1 Å². The third kappa shape index (κ3) is 2.53. The van der Waals surface area contributed by atoms with Gasteiger partial charge in [0.2, 0.25) is 0 Å². The highest BCUT2D eigenvalue weighted by atomic mass is 14.9. The third-order valence-electron chi connectivity index (χ3n) is 3.64. The molecule has 0 aromatic carbocycles. The summed E-state index contributed by atoms with van der Waals surface area (Å²) >= 11 is 0. The van der Waals surface area contributed by atoms with E-state index in [1.165, 1.54) is 37.7 Å². The van der Waals surface area contributed by atoms with Gasteiger partial charge in [-0.05, 0) is 43.9 Å². The van der Waals surface area contributed by atoms with E-state index in [-0.39, 0.29) is 0 Å². The predicted octanol–water partition coefficient (Wildman–Crippen LogP) is 2.30. The molecule has 1 heterocycles. The molecule has 1 aliphatic carbocycles. The largest absolute Gasteiger partial charge is 0.383 e. The summed E-state index contributed by atoms with van der Waals surface area (Å²) < 4.78 is 0. The molecule has 1 aromatic heterocycles. The molecule has 16 heavy (non-hydrogen) atoms. The topological polar surface area (TPSA) is 50.9 Å². The number of nitrogens with zero attached hydrogens (tertiary/aromatic N) is 1. The Kier molecular flexibility index (Phi) is 3.78. The molecule has 0 saturated heterocycles. The molecule has 0 amide bonds. The monoisotopic (exact) mass is 219 g/mol. The average Bonchev–Trinajstić information content (AvgIpc) is 2.55. The minimum Gasteiger partial charge on any atom is -0.383 e. The lowest BCUT2D eigenvalue weighted by molar-refractivity contribution is 0.471. The summed E-state index contributed by atoms with van der Waals surface area (Å²) in [5.41, 5.74) is 7.20. The van der Waals surface area contributed by atoms with E-state index in [0.29, 0.717) is 17.8 Å². The Morgan fingerprint density at radius 1 is 1.38 bits per heavy atom. The minimum atomic E-state index is 0.577. The number of anilines is 1. The molecule has 88 valence electrons. The number of aromatic nitrogens is 1. The second-order valence-corrected chi connectivity index (χ2v) is 4.68. The summed E-state index contributed by atoms with van der Waals surface area (Å²) in [5, 5.41) is 3.40. The van der Waals surface area contributed by atoms with Crippen LogP contribution in [0.15, 0.2) is 18.3 Å². The van der Waals surface area contributed by atoms with E-state index in [2.05, 4.69) is 23.4 Å². The van der Waals surface area contributed by atoms with Crippen molar-refractivity contribution < 1.29 is 0 Å². The molecule has 2 rings (SSSR count). The highest BCUT2D eigenvalue weighted by molar-refractivity contribution is 5.41. The highest BCUT2D eigenvalue weighted by Gasteiger charge is 2.21. The standard InChI is InChI=1S/C13H21N3/c1-15-11-6-3-2-5-10(9-11)12-7-4-8-16-13(12)14/h4,7-8,10-11,15H,2-3,5-6,9H2,1H3,(H2,14,16). The molecule has 2 unspecified atom stereocenters. The fourth-order valence-electron chi connectivity index (χ4n) is 2.68. The van der Waals surface area contributed by atoms with Gasteiger partial charge in [0.25, 0.3) is 0 Å². The molecule has 0 radical (unpaired) electrons. The summed E-state index contributed by atoms with van der Waals surface area (Å²) in [5.74, 6) is 1.29. The zero-order valence-electron chi connectivity index (χ0n) is 9.95. The molecule has 2 atom stereocenters. The van der Waals surface area contributed by atoms with Crippen LogP contribution < -0.4 is 11.1 Å². The van der Waals surface area contributed by atoms with Crippen LogP contribution in [0.5, 0.6) is 0 Å². The van der Waals surface area contributed by atoms with Gasteiger partial charge in [0.1, 0.15) is 5.82 Å². The maximum Gasteiger partial charge on any atom is 0.126 e. The summed E-state index contributed by atoms with van der Waals surface area (Å²) in [6.07, 6.45) is 8.11. The van der Waals surface area contributed by atoms with Crippen LogP contribution in [0.3, 0.4) is 0 Å². The van der Waals surface area contributed by atoms with Crippen LogP contribution in [-0.4, -0.2) is 18.1 Å². The van der Waals surface area contributed by atoms with E-state index < -0.39 is 0 Å². The first-order valence-corrected chi connectivity index (χ1v) is 6.19. The van der Waals surface area contributed by atoms with Crippen molar-refractivity contribution in [2.75, 3.05) is 12.8 Å². The van der Waals surface area contributed by atoms with Gasteiger partial charge in [0, 0.05) is 12.2 Å². The van der Waals surface area contributed by atoms with Crippen LogP contribution in [0.4, 0.5) is 5.82 Å². The zero-order valence-corrected chi connectivity index (χ0v) is 9.95. The summed E-state index contributed by atoms with van der Waals surface area (Å²) in [4.78, 5) is 4.19. The molecule has 3 nitrogen and oxygen atoms in total. The second kappa shape index (κ2) is 5.30. The maximum absolute atomic E-state index is 5.96. The van der Waals surface area contributed by atoms with Gasteiger partial charge in [-0.2, -0.15) is 0 Å². The Morgan fingerprint density at radius 2 is 2.19 bits per heavy atom. The number of hydrogen-bond acceptors (Lipinski definition) is 3. The van der Waals surface area contributed by atoms with Crippen LogP contribution in [0.1, 0.15) is 43.6 Å². The third-order valence-corrected chi connectivity index (χ3v) is 3.64. The van der Waals surface area contributed by atoms with Crippen molar-refractivity contribution in [1.82, 2.24) is 10.3 Å². The van der Waals surface area contributed by atoms with Gasteiger partial charge in [-0.25, -0.2) is 4.98 Å². The van der Waals surface area contributed by atoms with Gasteiger partial charge in [-0.15, -0.1) is 0 Å². The van der Waals surface area contributed by atoms with Crippen LogP contribution in [0.2, 0.25) is 0 Å². The number of pyridine rings is 1. The molecule has 0 spiro atoms. The Labute approximate surface area is 97.5 Å². The summed E-state index contributed by atoms with van der Waals surface area (Å²) in [6.45, 7) is 0. The first kappa shape index (κ1) is 11.4. The average molecular weight is 219 g/mol. The highest BCUT2D eigenvalue weighted by Crippen LogP contribution is 2.33. The quantitative estimate of drug-likeness (QED) is 0.750. The number of hydrogen-bond donors (Lipinski definition) is 2. The molecule has 1 aliphatic rings. The zero-order chi connectivity index (χ0) is 11.4. The van der Waals surface area contributed by atoms with Gasteiger partial charge in [0.15, 0.2) is 0 Å². The smallest absolute Gasteiger partial charge is 0.126 e. The Bertz CT molecular complexity index is 338. The normalized spacial score (nSPS) is 26.3. The molecular weight excluding hydrogens is 198 g/mol. The number of nitrogens with one attached hydrogen (secondary N) is 1. The van der Waals surface area contributed by atoms with E-state index in [0.717, 1.165) is 0 Å². The molecule has 0 bridgehead atoms. The molecule has 1 fully saturated rings. The van der Waals surface area contributed by atoms with Gasteiger partial charge in [0.05, 0.1) is 0 Å². The summed E-state index contributed by atoms with van der Waals surface area (Å²) in [7, 11) is 2.06. The van der Waals surface area contributed by atoms with Gasteiger partial charge >= 0.3 is 0 Å². The second-order valence-electron chi connectivity index (χ2n) is 4.68. The van der Waals surface area contributed by atoms with Crippen molar-refractivity contribution in [3.63, 3.8) is 0 Å². The Balaban J connectivity index is 2.16. The van der Waals surface area contributed by atoms with E-state index in [1.54, 1.807) is 6.20 Å². The van der Waals surface area contributed by atoms with E-state index in [9.17, 15) is 0 Å². The van der Waals surface area contributed by atoms with Crippen molar-refractivity contribution in [2.45, 2.75) is 44.1 Å². The number of rotatable bonds is 2. The van der Waals surface area contributed by atoms with Crippen molar-refractivity contribution in [1.29, 1.82) is 0 Å².